The van der Waals surface area contributed by atoms with Crippen molar-refractivity contribution in [3.05, 3.63) is 42.0 Å². The Balaban J connectivity index is 1.86. The smallest absolute Gasteiger partial charge is 0.284 e. The maximum absolute atomic E-state index is 12.6. The Morgan fingerprint density at radius 3 is 1.87 bits per heavy atom. The summed E-state index contributed by atoms with van der Waals surface area (Å²) in [5.74, 6) is -2.09. The van der Waals surface area contributed by atoms with Gasteiger partial charge in [-0.25, -0.2) is 16.8 Å². The second-order valence-electron chi connectivity index (χ2n) is 6.87. The molecule has 1 aromatic carbocycles. The molecule has 1 aromatic heterocycles. The summed E-state index contributed by atoms with van der Waals surface area (Å²) < 4.78 is 87.9. The molecule has 162 valence electrons. The van der Waals surface area contributed by atoms with Crippen molar-refractivity contribution < 1.29 is 34.8 Å². The molecule has 0 amide bonds. The number of nitrogens with zero attached hydrogens (tertiary/aromatic N) is 2. The maximum atomic E-state index is 12.6. The van der Waals surface area contributed by atoms with Crippen molar-refractivity contribution in [2.75, 3.05) is 0 Å². The van der Waals surface area contributed by atoms with Crippen LogP contribution in [0.25, 0.3) is 0 Å². The Morgan fingerprint density at radius 1 is 0.833 bits per heavy atom. The molecule has 2 aromatic rings. The van der Waals surface area contributed by atoms with E-state index in [9.17, 15) is 34.8 Å². The first-order chi connectivity index (χ1) is 13.9. The fraction of sp³-hybridized carbons (Fsp3) is 0.389. The van der Waals surface area contributed by atoms with Crippen LogP contribution in [0, 0.1) is 0 Å². The Hall–Kier alpha value is -2.34. The van der Waals surface area contributed by atoms with Gasteiger partial charge in [0.2, 0.25) is 9.84 Å². The van der Waals surface area contributed by atoms with Gasteiger partial charge in [-0.2, -0.15) is 13.2 Å². The molecule has 0 bridgehead atoms. The third-order valence-corrected chi connectivity index (χ3v) is 8.67. The topological polar surface area (TPSA) is 111 Å². The van der Waals surface area contributed by atoms with Crippen LogP contribution in [0.15, 0.2) is 51.3 Å². The van der Waals surface area contributed by atoms with E-state index in [1.165, 1.54) is 0 Å². The fourth-order valence-electron chi connectivity index (χ4n) is 3.22. The number of Topliss-reactive ketones (excluding diaryl/α,β-unsaturated/α-hetero) is 1. The molecule has 12 heteroatoms. The minimum atomic E-state index is -5.08. The summed E-state index contributed by atoms with van der Waals surface area (Å²) >= 11 is 0. The van der Waals surface area contributed by atoms with Crippen LogP contribution < -0.4 is 0 Å². The first-order valence-corrected chi connectivity index (χ1v) is 12.0. The van der Waals surface area contributed by atoms with Crippen molar-refractivity contribution in [3.8, 4) is 0 Å². The average Bonchev–Trinajstić information content (AvgIpc) is 2.73. The summed E-state index contributed by atoms with van der Waals surface area (Å²) in [5.41, 5.74) is -0.707. The summed E-state index contributed by atoms with van der Waals surface area (Å²) in [6.07, 6.45) is -1.53. The highest BCUT2D eigenvalue weighted by Gasteiger charge is 2.39. The van der Waals surface area contributed by atoms with Crippen molar-refractivity contribution in [1.29, 1.82) is 0 Å². The van der Waals surface area contributed by atoms with Gasteiger partial charge in [0.05, 0.1) is 10.1 Å². The van der Waals surface area contributed by atoms with Crippen LogP contribution in [0.1, 0.15) is 42.5 Å². The molecule has 30 heavy (non-hydrogen) atoms. The van der Waals surface area contributed by atoms with E-state index < -0.39 is 52.4 Å². The zero-order chi connectivity index (χ0) is 22.2. The number of alkyl halides is 3. The molecule has 7 nitrogen and oxygen atoms in total. The van der Waals surface area contributed by atoms with Crippen LogP contribution in [0.5, 0.6) is 0 Å². The van der Waals surface area contributed by atoms with E-state index in [0.29, 0.717) is 12.8 Å². The molecular formula is C18H17F3N2O5S2. The van der Waals surface area contributed by atoms with Gasteiger partial charge >= 0.3 is 6.18 Å². The largest absolute Gasteiger partial charge is 0.454 e. The summed E-state index contributed by atoms with van der Waals surface area (Å²) in [6.45, 7) is 0. The van der Waals surface area contributed by atoms with Crippen LogP contribution in [-0.4, -0.2) is 44.2 Å². The van der Waals surface area contributed by atoms with Gasteiger partial charge in [-0.3, -0.25) is 4.79 Å². The number of halogens is 3. The molecule has 0 aliphatic heterocycles. The van der Waals surface area contributed by atoms with Crippen LogP contribution >= 0.6 is 0 Å². The number of sulfone groups is 2. The van der Waals surface area contributed by atoms with Gasteiger partial charge in [0, 0.05) is 5.56 Å². The number of benzene rings is 1. The molecule has 0 radical (unpaired) electrons. The Labute approximate surface area is 171 Å². The first kappa shape index (κ1) is 22.3. The van der Waals surface area contributed by atoms with E-state index in [4.69, 9.17) is 0 Å². The SMILES string of the molecule is O=C(c1ccc(S(=O)(=O)c2ccc(S(=O)(=O)C3CCCCC3)nn2)cc1)C(F)(F)F. The molecule has 0 unspecified atom stereocenters. The summed E-state index contributed by atoms with van der Waals surface area (Å²) in [7, 11) is -8.00. The summed E-state index contributed by atoms with van der Waals surface area (Å²) in [5, 5.41) is 5.64. The monoisotopic (exact) mass is 462 g/mol. The lowest BCUT2D eigenvalue weighted by atomic mass is 10.0. The van der Waals surface area contributed by atoms with Gasteiger partial charge in [-0.1, -0.05) is 19.3 Å². The van der Waals surface area contributed by atoms with E-state index in [1.54, 1.807) is 0 Å². The lowest BCUT2D eigenvalue weighted by molar-refractivity contribution is -0.0885. The van der Waals surface area contributed by atoms with Crippen molar-refractivity contribution in [2.45, 2.75) is 58.5 Å². The minimum Gasteiger partial charge on any atom is -0.284 e. The number of carbonyl (C=O) groups excluding carboxylic acids is 1. The van der Waals surface area contributed by atoms with Gasteiger partial charge in [0.25, 0.3) is 5.78 Å². The molecule has 1 aliphatic rings. The van der Waals surface area contributed by atoms with Crippen LogP contribution in [-0.2, 0) is 19.7 Å². The van der Waals surface area contributed by atoms with Gasteiger partial charge in [-0.15, -0.1) is 10.2 Å². The highest BCUT2D eigenvalue weighted by molar-refractivity contribution is 7.92. The lowest BCUT2D eigenvalue weighted by Crippen LogP contribution is -2.25. The van der Waals surface area contributed by atoms with E-state index >= 15 is 0 Å². The van der Waals surface area contributed by atoms with Gasteiger partial charge in [0.15, 0.2) is 19.9 Å². The molecule has 1 aliphatic carbocycles. The number of carbonyl (C=O) groups is 1. The second-order valence-corrected chi connectivity index (χ2v) is 10.9. The van der Waals surface area contributed by atoms with Gasteiger partial charge in [0.1, 0.15) is 0 Å². The quantitative estimate of drug-likeness (QED) is 0.628. The standard InChI is InChI=1S/C18H17F3N2O5S2/c19-18(20,21)17(24)12-6-8-14(9-7-12)30(27,28)16-11-10-15(22-23-16)29(25,26)13-4-2-1-3-5-13/h6-11,13H,1-5H2. The molecule has 0 saturated heterocycles. The van der Waals surface area contributed by atoms with E-state index in [1.807, 2.05) is 0 Å². The van der Waals surface area contributed by atoms with E-state index in [2.05, 4.69) is 10.2 Å². The fourth-order valence-corrected chi connectivity index (χ4v) is 6.06. The third kappa shape index (κ3) is 4.38. The van der Waals surface area contributed by atoms with Gasteiger partial charge < -0.3 is 0 Å². The number of rotatable bonds is 5. The van der Waals surface area contributed by atoms with E-state index in [0.717, 1.165) is 55.7 Å². The van der Waals surface area contributed by atoms with Crippen LogP contribution in [0.2, 0.25) is 0 Å². The number of ketones is 1. The average molecular weight is 462 g/mol. The van der Waals surface area contributed by atoms with E-state index in [-0.39, 0.29) is 5.03 Å². The van der Waals surface area contributed by atoms with Crippen LogP contribution in [0.3, 0.4) is 0 Å². The minimum absolute atomic E-state index is 0.320. The molecule has 0 spiro atoms. The van der Waals surface area contributed by atoms with Gasteiger partial charge in [-0.05, 0) is 49.2 Å². The molecular weight excluding hydrogens is 445 g/mol. The zero-order valence-electron chi connectivity index (χ0n) is 15.5. The molecule has 1 heterocycles. The number of aromatic nitrogens is 2. The molecule has 1 saturated carbocycles. The van der Waals surface area contributed by atoms with Crippen molar-refractivity contribution >= 4 is 25.5 Å². The maximum Gasteiger partial charge on any atom is 0.454 e. The van der Waals surface area contributed by atoms with Crippen molar-refractivity contribution in [1.82, 2.24) is 10.2 Å². The second kappa shape index (κ2) is 8.06. The molecule has 0 N–H and O–H groups in total. The third-order valence-electron chi connectivity index (χ3n) is 4.86. The highest BCUT2D eigenvalue weighted by Crippen LogP contribution is 2.28. The summed E-state index contributed by atoms with van der Waals surface area (Å²) in [6, 6.07) is 5.25. The zero-order valence-corrected chi connectivity index (χ0v) is 17.1. The Bertz CT molecular complexity index is 1140. The molecule has 0 atom stereocenters. The van der Waals surface area contributed by atoms with Crippen LogP contribution in [0.4, 0.5) is 13.2 Å². The first-order valence-electron chi connectivity index (χ1n) is 8.98. The predicted octanol–water partition coefficient (Wildman–Crippen LogP) is 3.16. The lowest BCUT2D eigenvalue weighted by Gasteiger charge is -2.20. The molecule has 1 fully saturated rings. The Morgan fingerprint density at radius 2 is 1.37 bits per heavy atom. The normalized spacial score (nSPS) is 16.4. The van der Waals surface area contributed by atoms with Crippen molar-refractivity contribution in [2.24, 2.45) is 0 Å². The molecule has 3 rings (SSSR count). The number of hydrogen-bond acceptors (Lipinski definition) is 7. The Kier molecular flexibility index (Phi) is 6.01. The van der Waals surface area contributed by atoms with Crippen molar-refractivity contribution in [3.63, 3.8) is 0 Å². The highest BCUT2D eigenvalue weighted by atomic mass is 32.2. The predicted molar refractivity (Wildman–Crippen MR) is 98.4 cm³/mol. The number of hydrogen-bond donors (Lipinski definition) is 0. The summed E-state index contributed by atoms with van der Waals surface area (Å²) in [4.78, 5) is 10.8.